The number of nitrogens with zero attached hydrogens (tertiary/aromatic N) is 2. The molecule has 2 aliphatic rings. The molecule has 174 valence electrons. The molecule has 0 spiro atoms. The van der Waals surface area contributed by atoms with Gasteiger partial charge >= 0.3 is 0 Å². The molecule has 8 bridgehead atoms. The average molecular weight is 468 g/mol. The quantitative estimate of drug-likeness (QED) is 0.124. The molecule has 0 amide bonds. The van der Waals surface area contributed by atoms with E-state index in [1.807, 2.05) is 48.6 Å². The van der Waals surface area contributed by atoms with Crippen LogP contribution in [0.5, 0.6) is 28.7 Å². The molecule has 0 saturated carbocycles. The van der Waals surface area contributed by atoms with Crippen LogP contribution >= 0.6 is 0 Å². The zero-order valence-corrected chi connectivity index (χ0v) is 18.1. The Labute approximate surface area is 198 Å². The third kappa shape index (κ3) is 4.64. The van der Waals surface area contributed by atoms with Crippen molar-refractivity contribution in [2.75, 3.05) is 0 Å². The van der Waals surface area contributed by atoms with Gasteiger partial charge in [0.1, 0.15) is 0 Å². The van der Waals surface area contributed by atoms with Crippen molar-refractivity contribution in [3.63, 3.8) is 0 Å². The number of fused-ring (bicyclic) bond motifs is 8. The van der Waals surface area contributed by atoms with Crippen molar-refractivity contribution >= 4 is 46.4 Å². The molecule has 9 heteroatoms. The maximum Gasteiger partial charge on any atom is 0.208 e. The van der Waals surface area contributed by atoms with Crippen LogP contribution in [-0.2, 0) is 0 Å². The van der Waals surface area contributed by atoms with E-state index in [9.17, 15) is 0 Å². The van der Waals surface area contributed by atoms with Gasteiger partial charge in [0.05, 0.1) is 22.8 Å². The summed E-state index contributed by atoms with van der Waals surface area (Å²) in [6, 6.07) is 17.1. The van der Waals surface area contributed by atoms with Gasteiger partial charge in [-0.1, -0.05) is 0 Å². The molecule has 2 aliphatic heterocycles. The Morgan fingerprint density at radius 3 is 1.06 bits per heavy atom. The van der Waals surface area contributed by atoms with Crippen LogP contribution < -0.4 is 0 Å². The van der Waals surface area contributed by atoms with Gasteiger partial charge in [0.25, 0.3) is 0 Å². The number of hydrogen-bond acceptors (Lipinski definition) is 7. The maximum atomic E-state index is 8.75. The molecule has 4 aromatic rings. The van der Waals surface area contributed by atoms with Crippen LogP contribution in [0.2, 0.25) is 0 Å². The normalized spacial score (nSPS) is 11.8. The SMILES string of the molecule is C1=Cc2cc3ccc(cc4nc(cc5ccc(cc1n2)[nH]5)C=C4)[nH]3.Oc1cc(O)c(O)c(O)c1O. The second kappa shape index (κ2) is 8.64. The van der Waals surface area contributed by atoms with Crippen LogP contribution in [0.25, 0.3) is 46.4 Å². The predicted molar refractivity (Wildman–Crippen MR) is 134 cm³/mol. The summed E-state index contributed by atoms with van der Waals surface area (Å²) < 4.78 is 0. The molecule has 0 atom stereocenters. The lowest BCUT2D eigenvalue weighted by molar-refractivity contribution is 0.328. The fourth-order valence-electron chi connectivity index (χ4n) is 3.56. The van der Waals surface area contributed by atoms with Crippen molar-refractivity contribution in [2.45, 2.75) is 0 Å². The van der Waals surface area contributed by atoms with Crippen molar-refractivity contribution < 1.29 is 25.5 Å². The molecule has 0 aliphatic carbocycles. The summed E-state index contributed by atoms with van der Waals surface area (Å²) in [4.78, 5) is 16.0. The van der Waals surface area contributed by atoms with E-state index in [2.05, 4.69) is 44.2 Å². The molecule has 0 saturated heterocycles. The predicted octanol–water partition coefficient (Wildman–Crippen LogP) is 4.87. The van der Waals surface area contributed by atoms with Gasteiger partial charge in [-0.15, -0.1) is 0 Å². The van der Waals surface area contributed by atoms with Gasteiger partial charge in [0, 0.05) is 28.1 Å². The number of aromatic hydroxyl groups is 5. The number of benzene rings is 1. The molecule has 3 aromatic heterocycles. The highest BCUT2D eigenvalue weighted by Gasteiger charge is 2.14. The molecule has 6 rings (SSSR count). The van der Waals surface area contributed by atoms with Crippen LogP contribution in [-0.4, -0.2) is 45.5 Å². The molecule has 35 heavy (non-hydrogen) atoms. The number of aromatic amines is 2. The third-order valence-electron chi connectivity index (χ3n) is 5.25. The zero-order valence-electron chi connectivity index (χ0n) is 18.1. The van der Waals surface area contributed by atoms with Crippen molar-refractivity contribution in [1.29, 1.82) is 0 Å². The Bertz CT molecular complexity index is 1460. The van der Waals surface area contributed by atoms with Crippen LogP contribution in [0.3, 0.4) is 0 Å². The summed E-state index contributed by atoms with van der Waals surface area (Å²) in [6.07, 6.45) is 8.09. The summed E-state index contributed by atoms with van der Waals surface area (Å²) in [5.74, 6) is -4.06. The van der Waals surface area contributed by atoms with E-state index in [1.165, 1.54) is 0 Å². The minimum absolute atomic E-state index is 0.696. The van der Waals surface area contributed by atoms with E-state index < -0.39 is 28.7 Å². The van der Waals surface area contributed by atoms with Gasteiger partial charge in [0.15, 0.2) is 11.5 Å². The number of H-pyrrole nitrogens is 2. The lowest BCUT2D eigenvalue weighted by Gasteiger charge is -2.03. The monoisotopic (exact) mass is 468 g/mol. The summed E-state index contributed by atoms with van der Waals surface area (Å²) in [5.41, 5.74) is 7.86. The maximum absolute atomic E-state index is 8.75. The van der Waals surface area contributed by atoms with Gasteiger partial charge in [-0.25, -0.2) is 9.97 Å². The molecule has 0 fully saturated rings. The van der Waals surface area contributed by atoms with Gasteiger partial charge in [0.2, 0.25) is 17.2 Å². The Balaban J connectivity index is 0.000000195. The van der Waals surface area contributed by atoms with Crippen LogP contribution in [0.15, 0.2) is 54.6 Å². The Kier molecular flexibility index (Phi) is 5.34. The number of rotatable bonds is 0. The number of nitrogens with one attached hydrogen (secondary N) is 2. The molecule has 0 unspecified atom stereocenters. The minimum Gasteiger partial charge on any atom is -0.504 e. The minimum atomic E-state index is -0.942. The molecule has 7 N–H and O–H groups in total. The molecule has 1 aromatic carbocycles. The van der Waals surface area contributed by atoms with Gasteiger partial charge in [-0.05, 0) is 72.8 Å². The number of phenols is 5. The average Bonchev–Trinajstić information content (AvgIpc) is 3.63. The highest BCUT2D eigenvalue weighted by Crippen LogP contribution is 2.46. The van der Waals surface area contributed by atoms with E-state index >= 15 is 0 Å². The van der Waals surface area contributed by atoms with E-state index in [1.54, 1.807) is 0 Å². The highest BCUT2D eigenvalue weighted by molar-refractivity contribution is 5.77. The van der Waals surface area contributed by atoms with Crippen molar-refractivity contribution in [3.05, 3.63) is 77.4 Å². The standard InChI is InChI=1S/C20H14N4.C6H6O5/c1-2-14-10-16-5-6-18(23-16)12-20-8-7-19(24-20)11-17-4-3-15(22-17)9-13(1)21-14;7-2-1-3(8)5(10)6(11)4(2)9/h1-12,21,24H;1,7-11H. The smallest absolute Gasteiger partial charge is 0.208 e. The second-order valence-electron chi connectivity index (χ2n) is 7.87. The molecule has 5 heterocycles. The van der Waals surface area contributed by atoms with Crippen molar-refractivity contribution in [1.82, 2.24) is 19.9 Å². The van der Waals surface area contributed by atoms with Crippen LogP contribution in [0.1, 0.15) is 22.8 Å². The summed E-state index contributed by atoms with van der Waals surface area (Å²) in [6.45, 7) is 0. The molecule has 0 radical (unpaired) electrons. The van der Waals surface area contributed by atoms with E-state index in [4.69, 9.17) is 25.5 Å². The van der Waals surface area contributed by atoms with Crippen molar-refractivity contribution in [3.8, 4) is 28.7 Å². The summed E-state index contributed by atoms with van der Waals surface area (Å²) in [5, 5.41) is 43.7. The first kappa shape index (κ1) is 21.7. The fourth-order valence-corrected chi connectivity index (χ4v) is 3.56. The van der Waals surface area contributed by atoms with Gasteiger partial charge in [-0.2, -0.15) is 0 Å². The lowest BCUT2D eigenvalue weighted by Crippen LogP contribution is -1.75. The first-order valence-corrected chi connectivity index (χ1v) is 10.5. The highest BCUT2D eigenvalue weighted by atomic mass is 16.4. The van der Waals surface area contributed by atoms with Crippen LogP contribution in [0, 0.1) is 0 Å². The fraction of sp³-hybridized carbons (Fsp3) is 0. The number of hydrogen-bond donors (Lipinski definition) is 7. The van der Waals surface area contributed by atoms with Crippen LogP contribution in [0.4, 0.5) is 0 Å². The molecular weight excluding hydrogens is 448 g/mol. The number of phenolic OH excluding ortho intramolecular Hbond substituents is 5. The summed E-state index contributed by atoms with van der Waals surface area (Å²) >= 11 is 0. The second-order valence-corrected chi connectivity index (χ2v) is 7.87. The van der Waals surface area contributed by atoms with Crippen molar-refractivity contribution in [2.24, 2.45) is 0 Å². The molecular formula is C26H20N4O5. The Morgan fingerprint density at radius 2 is 0.743 bits per heavy atom. The summed E-state index contributed by atoms with van der Waals surface area (Å²) in [7, 11) is 0. The zero-order chi connectivity index (χ0) is 24.5. The van der Waals surface area contributed by atoms with Gasteiger partial charge in [-0.3, -0.25) is 0 Å². The Morgan fingerprint density at radius 1 is 0.429 bits per heavy atom. The largest absolute Gasteiger partial charge is 0.504 e. The third-order valence-corrected chi connectivity index (χ3v) is 5.25. The first-order valence-electron chi connectivity index (χ1n) is 10.5. The lowest BCUT2D eigenvalue weighted by atomic mass is 10.2. The van der Waals surface area contributed by atoms with E-state index in [-0.39, 0.29) is 0 Å². The first-order chi connectivity index (χ1) is 16.8. The number of aromatic nitrogens is 4. The van der Waals surface area contributed by atoms with E-state index in [0.29, 0.717) is 6.07 Å². The topological polar surface area (TPSA) is 159 Å². The molecule has 9 nitrogen and oxygen atoms in total. The van der Waals surface area contributed by atoms with Gasteiger partial charge < -0.3 is 35.5 Å². The Hall–Kier alpha value is -5.18. The van der Waals surface area contributed by atoms with E-state index in [0.717, 1.165) is 44.8 Å².